The second-order valence-corrected chi connectivity index (χ2v) is 7.61. The van der Waals surface area contributed by atoms with E-state index >= 15 is 0 Å². The molecule has 0 aromatic carbocycles. The van der Waals surface area contributed by atoms with Gasteiger partial charge in [-0.2, -0.15) is 5.10 Å². The molecule has 3 nitrogen and oxygen atoms in total. The second-order valence-electron chi connectivity index (χ2n) is 7.61. The number of rotatable bonds is 3. The van der Waals surface area contributed by atoms with E-state index < -0.39 is 0 Å². The lowest BCUT2D eigenvalue weighted by atomic mass is 9.67. The summed E-state index contributed by atoms with van der Waals surface area (Å²) >= 11 is 0. The van der Waals surface area contributed by atoms with E-state index in [9.17, 15) is 0 Å². The van der Waals surface area contributed by atoms with Gasteiger partial charge in [0.25, 0.3) is 0 Å². The number of nitrogens with zero attached hydrogens (tertiary/aromatic N) is 2. The van der Waals surface area contributed by atoms with E-state index in [1.807, 2.05) is 4.68 Å². The van der Waals surface area contributed by atoms with Gasteiger partial charge < -0.3 is 5.73 Å². The molecule has 1 saturated carbocycles. The topological polar surface area (TPSA) is 43.8 Å². The Labute approximate surface area is 123 Å². The van der Waals surface area contributed by atoms with Crippen LogP contribution in [0.2, 0.25) is 0 Å². The van der Waals surface area contributed by atoms with Crippen LogP contribution in [0.15, 0.2) is 6.07 Å². The number of hydrogen-bond acceptors (Lipinski definition) is 2. The molecular formula is C17H31N3. The van der Waals surface area contributed by atoms with Gasteiger partial charge in [-0.1, -0.05) is 27.7 Å². The fourth-order valence-electron chi connectivity index (χ4n) is 3.51. The number of aryl methyl sites for hydroxylation is 2. The summed E-state index contributed by atoms with van der Waals surface area (Å²) in [5, 5.41) is 4.56. The van der Waals surface area contributed by atoms with Crippen LogP contribution in [-0.4, -0.2) is 15.8 Å². The van der Waals surface area contributed by atoms with Gasteiger partial charge in [0.1, 0.15) is 0 Å². The molecule has 0 bridgehead atoms. The van der Waals surface area contributed by atoms with Crippen molar-refractivity contribution in [3.8, 4) is 0 Å². The summed E-state index contributed by atoms with van der Waals surface area (Å²) in [4.78, 5) is 0. The van der Waals surface area contributed by atoms with Crippen LogP contribution in [0.1, 0.15) is 58.3 Å². The lowest BCUT2D eigenvalue weighted by molar-refractivity contribution is 0.126. The van der Waals surface area contributed by atoms with E-state index in [0.717, 1.165) is 18.8 Å². The van der Waals surface area contributed by atoms with Gasteiger partial charge in [-0.05, 0) is 55.4 Å². The summed E-state index contributed by atoms with van der Waals surface area (Å²) in [6.45, 7) is 9.26. The maximum atomic E-state index is 6.39. The lowest BCUT2D eigenvalue weighted by Gasteiger charge is -2.40. The van der Waals surface area contributed by atoms with Crippen LogP contribution in [0.25, 0.3) is 0 Å². The van der Waals surface area contributed by atoms with E-state index in [-0.39, 0.29) is 0 Å². The maximum absolute atomic E-state index is 6.39. The molecule has 1 heterocycles. The molecule has 0 aliphatic heterocycles. The molecule has 2 rings (SSSR count). The van der Waals surface area contributed by atoms with E-state index in [2.05, 4.69) is 45.9 Å². The van der Waals surface area contributed by atoms with Crippen LogP contribution in [0.3, 0.4) is 0 Å². The Hall–Kier alpha value is -0.830. The fraction of sp³-hybridized carbons (Fsp3) is 0.824. The molecular weight excluding hydrogens is 246 g/mol. The molecule has 114 valence electrons. The molecule has 1 aromatic heterocycles. The highest BCUT2D eigenvalue weighted by atomic mass is 15.3. The van der Waals surface area contributed by atoms with Crippen molar-refractivity contribution in [2.45, 2.75) is 65.8 Å². The molecule has 3 unspecified atom stereocenters. The van der Waals surface area contributed by atoms with Crippen molar-refractivity contribution in [3.05, 3.63) is 17.5 Å². The predicted molar refractivity (Wildman–Crippen MR) is 84.6 cm³/mol. The number of nitrogens with two attached hydrogens (primary N) is 1. The van der Waals surface area contributed by atoms with Crippen molar-refractivity contribution >= 4 is 0 Å². The Bertz CT molecular complexity index is 442. The molecule has 1 aliphatic carbocycles. The Balaban J connectivity index is 2.08. The summed E-state index contributed by atoms with van der Waals surface area (Å²) < 4.78 is 2.05. The Morgan fingerprint density at radius 2 is 2.05 bits per heavy atom. The molecule has 1 fully saturated rings. The minimum Gasteiger partial charge on any atom is -0.327 e. The van der Waals surface area contributed by atoms with Crippen LogP contribution < -0.4 is 5.73 Å². The molecule has 0 amide bonds. The lowest BCUT2D eigenvalue weighted by Crippen LogP contribution is -2.40. The van der Waals surface area contributed by atoms with Gasteiger partial charge in [0.15, 0.2) is 0 Å². The Kier molecular flexibility index (Phi) is 4.58. The first-order valence-corrected chi connectivity index (χ1v) is 8.08. The zero-order chi connectivity index (χ0) is 14.9. The monoisotopic (exact) mass is 277 g/mol. The summed E-state index contributed by atoms with van der Waals surface area (Å²) in [5.74, 6) is 1.40. The van der Waals surface area contributed by atoms with Crippen molar-refractivity contribution in [2.75, 3.05) is 0 Å². The zero-order valence-corrected chi connectivity index (χ0v) is 13.8. The zero-order valence-electron chi connectivity index (χ0n) is 13.8. The molecule has 2 N–H and O–H groups in total. The van der Waals surface area contributed by atoms with Crippen LogP contribution in [-0.2, 0) is 19.9 Å². The minimum atomic E-state index is 0.355. The van der Waals surface area contributed by atoms with Gasteiger partial charge >= 0.3 is 0 Å². The average molecular weight is 277 g/mol. The fourth-order valence-corrected chi connectivity index (χ4v) is 3.51. The smallest absolute Gasteiger partial charge is 0.0624 e. The van der Waals surface area contributed by atoms with Gasteiger partial charge in [0.05, 0.1) is 5.69 Å². The van der Waals surface area contributed by atoms with Gasteiger partial charge in [-0.25, -0.2) is 0 Å². The summed E-state index contributed by atoms with van der Waals surface area (Å²) in [6, 6.07) is 2.61. The van der Waals surface area contributed by atoms with Crippen LogP contribution in [0.4, 0.5) is 0 Å². The standard InChI is InChI=1S/C17H31N3/c1-6-14-11-15(20(5)19-14)10-12-9-13(17(2,3)4)7-8-16(12)18/h11-13,16H,6-10,18H2,1-5H3. The second kappa shape index (κ2) is 5.88. The first-order valence-electron chi connectivity index (χ1n) is 8.08. The molecule has 3 heteroatoms. The summed E-state index contributed by atoms with van der Waals surface area (Å²) in [7, 11) is 2.06. The largest absolute Gasteiger partial charge is 0.327 e. The van der Waals surface area contributed by atoms with Crippen LogP contribution in [0.5, 0.6) is 0 Å². The molecule has 0 spiro atoms. The van der Waals surface area contributed by atoms with Gasteiger partial charge in [-0.15, -0.1) is 0 Å². The van der Waals surface area contributed by atoms with Crippen molar-refractivity contribution in [1.29, 1.82) is 0 Å². The minimum absolute atomic E-state index is 0.355. The highest BCUT2D eigenvalue weighted by Crippen LogP contribution is 2.40. The van der Waals surface area contributed by atoms with E-state index in [4.69, 9.17) is 5.73 Å². The quantitative estimate of drug-likeness (QED) is 0.921. The number of hydrogen-bond donors (Lipinski definition) is 1. The maximum Gasteiger partial charge on any atom is 0.0624 e. The molecule has 1 aromatic rings. The van der Waals surface area contributed by atoms with E-state index in [1.54, 1.807) is 0 Å². The van der Waals surface area contributed by atoms with Crippen LogP contribution in [0, 0.1) is 17.3 Å². The summed E-state index contributed by atoms with van der Waals surface area (Å²) in [6.07, 6.45) is 5.81. The normalized spacial score (nSPS) is 27.8. The van der Waals surface area contributed by atoms with Crippen LogP contribution >= 0.6 is 0 Å². The third-order valence-electron chi connectivity index (χ3n) is 5.13. The number of aromatic nitrogens is 2. The third-order valence-corrected chi connectivity index (χ3v) is 5.13. The molecule has 20 heavy (non-hydrogen) atoms. The highest BCUT2D eigenvalue weighted by molar-refractivity contribution is 5.11. The van der Waals surface area contributed by atoms with Crippen molar-refractivity contribution < 1.29 is 0 Å². The Morgan fingerprint density at radius 3 is 2.60 bits per heavy atom. The molecule has 3 atom stereocenters. The van der Waals surface area contributed by atoms with Gasteiger partial charge in [0.2, 0.25) is 0 Å². The summed E-state index contributed by atoms with van der Waals surface area (Å²) in [5.41, 5.74) is 9.33. The average Bonchev–Trinajstić information content (AvgIpc) is 2.71. The molecule has 0 saturated heterocycles. The predicted octanol–water partition coefficient (Wildman–Crippen LogP) is 3.31. The molecule has 0 radical (unpaired) electrons. The van der Waals surface area contributed by atoms with Crippen molar-refractivity contribution in [3.63, 3.8) is 0 Å². The Morgan fingerprint density at radius 1 is 1.35 bits per heavy atom. The first-order chi connectivity index (χ1) is 9.31. The van der Waals surface area contributed by atoms with Crippen molar-refractivity contribution in [2.24, 2.45) is 30.0 Å². The molecule has 1 aliphatic rings. The third kappa shape index (κ3) is 3.43. The van der Waals surface area contributed by atoms with E-state index in [1.165, 1.54) is 30.7 Å². The SMILES string of the molecule is CCc1cc(CC2CC(C(C)(C)C)CCC2N)n(C)n1. The van der Waals surface area contributed by atoms with Crippen molar-refractivity contribution in [1.82, 2.24) is 9.78 Å². The van der Waals surface area contributed by atoms with Gasteiger partial charge in [-0.3, -0.25) is 4.68 Å². The first kappa shape index (κ1) is 15.6. The van der Waals surface area contributed by atoms with Gasteiger partial charge in [0, 0.05) is 18.8 Å². The highest BCUT2D eigenvalue weighted by Gasteiger charge is 2.34. The van der Waals surface area contributed by atoms with E-state index in [0.29, 0.717) is 17.4 Å².